The minimum atomic E-state index is 0.311. The van der Waals surface area contributed by atoms with E-state index in [1.807, 2.05) is 0 Å². The molecule has 1 fully saturated rings. The van der Waals surface area contributed by atoms with Crippen molar-refractivity contribution in [2.75, 3.05) is 13.2 Å². The van der Waals surface area contributed by atoms with E-state index in [9.17, 15) is 0 Å². The lowest BCUT2D eigenvalue weighted by Gasteiger charge is -2.21. The average molecular weight is 294 g/mol. The zero-order valence-electron chi connectivity index (χ0n) is 12.0. The Morgan fingerprint density at radius 3 is 3.05 bits per heavy atom. The molecule has 0 spiro atoms. The monoisotopic (exact) mass is 293 g/mol. The number of alkyl halides is 1. The number of hydrogen-bond donors (Lipinski definition) is 1. The Labute approximate surface area is 126 Å². The standard InChI is InChI=1S/C17H24ClNO/c18-15-4-2-1-3-5-16(15)19-10-8-13-6-7-17-14(12-13)9-11-20-17/h6-7,12,15-16,19H,1-5,8-11H2. The topological polar surface area (TPSA) is 21.3 Å². The summed E-state index contributed by atoms with van der Waals surface area (Å²) in [6, 6.07) is 7.11. The van der Waals surface area contributed by atoms with Crippen LogP contribution < -0.4 is 10.1 Å². The van der Waals surface area contributed by atoms with Gasteiger partial charge in [-0.25, -0.2) is 0 Å². The third kappa shape index (κ3) is 3.48. The number of nitrogens with one attached hydrogen (secondary N) is 1. The van der Waals surface area contributed by atoms with Crippen LogP contribution in [0.15, 0.2) is 18.2 Å². The number of hydrogen-bond acceptors (Lipinski definition) is 2. The molecule has 20 heavy (non-hydrogen) atoms. The van der Waals surface area contributed by atoms with E-state index in [1.54, 1.807) is 0 Å². The van der Waals surface area contributed by atoms with Crippen LogP contribution in [0.25, 0.3) is 0 Å². The zero-order valence-corrected chi connectivity index (χ0v) is 12.8. The van der Waals surface area contributed by atoms with Gasteiger partial charge in [0.25, 0.3) is 0 Å². The Bertz CT molecular complexity index is 449. The van der Waals surface area contributed by atoms with Gasteiger partial charge in [-0.05, 0) is 43.0 Å². The lowest BCUT2D eigenvalue weighted by Crippen LogP contribution is -2.37. The van der Waals surface area contributed by atoms with Crippen LogP contribution in [0.5, 0.6) is 5.75 Å². The maximum absolute atomic E-state index is 6.47. The molecule has 0 bridgehead atoms. The van der Waals surface area contributed by atoms with Crippen LogP contribution in [-0.4, -0.2) is 24.6 Å². The fourth-order valence-corrected chi connectivity index (χ4v) is 3.66. The lowest BCUT2D eigenvalue weighted by atomic mass is 10.1. The van der Waals surface area contributed by atoms with E-state index < -0.39 is 0 Å². The van der Waals surface area contributed by atoms with Crippen molar-refractivity contribution in [3.8, 4) is 5.75 Å². The van der Waals surface area contributed by atoms with Crippen molar-refractivity contribution in [3.63, 3.8) is 0 Å². The van der Waals surface area contributed by atoms with Gasteiger partial charge < -0.3 is 10.1 Å². The predicted octanol–water partition coefficient (Wildman–Crippen LogP) is 3.69. The molecule has 1 aliphatic carbocycles. The van der Waals surface area contributed by atoms with Gasteiger partial charge in [0.05, 0.1) is 6.61 Å². The quantitative estimate of drug-likeness (QED) is 0.675. The molecule has 1 aromatic carbocycles. The first kappa shape index (κ1) is 14.2. The molecule has 3 rings (SSSR count). The summed E-state index contributed by atoms with van der Waals surface area (Å²) in [5.74, 6) is 1.08. The first-order valence-corrected chi connectivity index (χ1v) is 8.38. The summed E-state index contributed by atoms with van der Waals surface area (Å²) in [6.45, 7) is 1.86. The Balaban J connectivity index is 1.49. The molecule has 3 heteroatoms. The highest BCUT2D eigenvalue weighted by atomic mass is 35.5. The zero-order chi connectivity index (χ0) is 13.8. The molecule has 1 saturated carbocycles. The van der Waals surface area contributed by atoms with Crippen molar-refractivity contribution in [2.24, 2.45) is 0 Å². The van der Waals surface area contributed by atoms with Crippen molar-refractivity contribution >= 4 is 11.6 Å². The van der Waals surface area contributed by atoms with Crippen molar-refractivity contribution < 1.29 is 4.74 Å². The van der Waals surface area contributed by atoms with Crippen LogP contribution in [0.1, 0.15) is 43.2 Å². The molecule has 2 unspecified atom stereocenters. The van der Waals surface area contributed by atoms with E-state index >= 15 is 0 Å². The highest BCUT2D eigenvalue weighted by molar-refractivity contribution is 6.21. The van der Waals surface area contributed by atoms with Crippen molar-refractivity contribution in [3.05, 3.63) is 29.3 Å². The fourth-order valence-electron chi connectivity index (χ4n) is 3.29. The number of rotatable bonds is 4. The number of benzene rings is 1. The van der Waals surface area contributed by atoms with Gasteiger partial charge in [0.2, 0.25) is 0 Å². The molecule has 0 amide bonds. The first-order valence-electron chi connectivity index (χ1n) is 7.95. The van der Waals surface area contributed by atoms with Crippen LogP contribution in [-0.2, 0) is 12.8 Å². The summed E-state index contributed by atoms with van der Waals surface area (Å²) in [5.41, 5.74) is 2.77. The number of halogens is 1. The summed E-state index contributed by atoms with van der Waals surface area (Å²) < 4.78 is 5.55. The van der Waals surface area contributed by atoms with Gasteiger partial charge in [0, 0.05) is 17.8 Å². The molecule has 1 heterocycles. The van der Waals surface area contributed by atoms with E-state index in [0.29, 0.717) is 11.4 Å². The molecule has 0 aromatic heterocycles. The SMILES string of the molecule is ClC1CCCCCC1NCCc1ccc2c(c1)CCO2. The minimum Gasteiger partial charge on any atom is -0.493 e. The van der Waals surface area contributed by atoms with Crippen molar-refractivity contribution in [2.45, 2.75) is 56.4 Å². The van der Waals surface area contributed by atoms with Gasteiger partial charge in [-0.15, -0.1) is 11.6 Å². The number of ether oxygens (including phenoxy) is 1. The third-order valence-corrected chi connectivity index (χ3v) is 5.03. The molecule has 1 aliphatic heterocycles. The van der Waals surface area contributed by atoms with Gasteiger partial charge >= 0.3 is 0 Å². The molecule has 0 saturated heterocycles. The first-order chi connectivity index (χ1) is 9.83. The third-order valence-electron chi connectivity index (χ3n) is 4.51. The summed E-state index contributed by atoms with van der Waals surface area (Å²) in [4.78, 5) is 0. The molecule has 0 radical (unpaired) electrons. The summed E-state index contributed by atoms with van der Waals surface area (Å²) >= 11 is 6.47. The van der Waals surface area contributed by atoms with Gasteiger partial charge in [-0.3, -0.25) is 0 Å². The van der Waals surface area contributed by atoms with E-state index in [4.69, 9.17) is 16.3 Å². The maximum atomic E-state index is 6.47. The maximum Gasteiger partial charge on any atom is 0.122 e. The molecule has 1 N–H and O–H groups in total. The normalized spacial score (nSPS) is 25.9. The second-order valence-corrected chi connectivity index (χ2v) is 6.57. The molecule has 2 atom stereocenters. The van der Waals surface area contributed by atoms with E-state index in [-0.39, 0.29) is 0 Å². The Kier molecular flexibility index (Phi) is 4.85. The van der Waals surface area contributed by atoms with E-state index in [0.717, 1.165) is 38.2 Å². The second-order valence-electron chi connectivity index (χ2n) is 6.01. The number of fused-ring (bicyclic) bond motifs is 1. The molecular weight excluding hydrogens is 270 g/mol. The molecule has 2 aliphatic rings. The summed E-state index contributed by atoms with van der Waals surface area (Å²) in [6.07, 6.45) is 8.47. The van der Waals surface area contributed by atoms with E-state index in [2.05, 4.69) is 23.5 Å². The van der Waals surface area contributed by atoms with Crippen LogP contribution in [0.3, 0.4) is 0 Å². The smallest absolute Gasteiger partial charge is 0.122 e. The molecule has 1 aromatic rings. The van der Waals surface area contributed by atoms with Gasteiger partial charge in [0.15, 0.2) is 0 Å². The van der Waals surface area contributed by atoms with Crippen molar-refractivity contribution in [1.29, 1.82) is 0 Å². The Hall–Kier alpha value is -0.730. The molecule has 2 nitrogen and oxygen atoms in total. The Morgan fingerprint density at radius 1 is 1.20 bits per heavy atom. The van der Waals surface area contributed by atoms with Gasteiger partial charge in [0.1, 0.15) is 5.75 Å². The van der Waals surface area contributed by atoms with Gasteiger partial charge in [-0.2, -0.15) is 0 Å². The Morgan fingerprint density at radius 2 is 2.10 bits per heavy atom. The molecule has 110 valence electrons. The summed E-state index contributed by atoms with van der Waals surface area (Å²) in [5, 5.41) is 3.98. The minimum absolute atomic E-state index is 0.311. The van der Waals surface area contributed by atoms with Crippen LogP contribution >= 0.6 is 11.6 Å². The molecular formula is C17H24ClNO. The fraction of sp³-hybridized carbons (Fsp3) is 0.647. The average Bonchev–Trinajstić information content (AvgIpc) is 2.83. The van der Waals surface area contributed by atoms with Crippen LogP contribution in [0.4, 0.5) is 0 Å². The lowest BCUT2D eigenvalue weighted by molar-refractivity contribution is 0.357. The van der Waals surface area contributed by atoms with E-state index in [1.165, 1.54) is 36.8 Å². The highest BCUT2D eigenvalue weighted by Crippen LogP contribution is 2.26. The predicted molar refractivity (Wildman–Crippen MR) is 83.9 cm³/mol. The van der Waals surface area contributed by atoms with Gasteiger partial charge in [-0.1, -0.05) is 31.4 Å². The van der Waals surface area contributed by atoms with Crippen LogP contribution in [0.2, 0.25) is 0 Å². The van der Waals surface area contributed by atoms with Crippen molar-refractivity contribution in [1.82, 2.24) is 5.32 Å². The highest BCUT2D eigenvalue weighted by Gasteiger charge is 2.20. The largest absolute Gasteiger partial charge is 0.493 e. The summed E-state index contributed by atoms with van der Waals surface area (Å²) in [7, 11) is 0. The second kappa shape index (κ2) is 6.82. The van der Waals surface area contributed by atoms with Crippen LogP contribution in [0, 0.1) is 0 Å².